The highest BCUT2D eigenvalue weighted by atomic mass is 19.4. The van der Waals surface area contributed by atoms with Crippen molar-refractivity contribution in [1.29, 1.82) is 0 Å². The molecule has 0 spiro atoms. The largest absolute Gasteiger partial charge is 0.462 e. The lowest BCUT2D eigenvalue weighted by atomic mass is 10.2. The van der Waals surface area contributed by atoms with Crippen molar-refractivity contribution in [3.63, 3.8) is 0 Å². The molecule has 0 saturated carbocycles. The Balaban J connectivity index is 3.39. The van der Waals surface area contributed by atoms with Crippen molar-refractivity contribution in [2.45, 2.75) is 33.4 Å². The molecule has 0 saturated heterocycles. The highest BCUT2D eigenvalue weighted by Crippen LogP contribution is 2.34. The van der Waals surface area contributed by atoms with E-state index in [4.69, 9.17) is 4.74 Å². The Labute approximate surface area is 132 Å². The summed E-state index contributed by atoms with van der Waals surface area (Å²) in [4.78, 5) is 15.8. The van der Waals surface area contributed by atoms with E-state index in [1.165, 1.54) is 12.1 Å². The van der Waals surface area contributed by atoms with Gasteiger partial charge in [-0.05, 0) is 32.4 Å². The van der Waals surface area contributed by atoms with E-state index < -0.39 is 23.4 Å². The molecule has 1 heterocycles. The molecule has 0 aromatic carbocycles. The molecule has 0 fully saturated rings. The van der Waals surface area contributed by atoms with E-state index in [1.54, 1.807) is 19.9 Å². The fourth-order valence-corrected chi connectivity index (χ4v) is 1.80. The topological polar surface area (TPSA) is 54.8 Å². The van der Waals surface area contributed by atoms with Gasteiger partial charge in [-0.2, -0.15) is 18.3 Å². The average Bonchev–Trinajstić information content (AvgIpc) is 2.48. The zero-order valence-corrected chi connectivity index (χ0v) is 13.1. The van der Waals surface area contributed by atoms with Crippen LogP contribution in [-0.4, -0.2) is 30.5 Å². The first-order valence-electron chi connectivity index (χ1n) is 6.88. The lowest BCUT2D eigenvalue weighted by Crippen LogP contribution is -2.31. The number of pyridine rings is 1. The number of ether oxygens (including phenoxy) is 1. The summed E-state index contributed by atoms with van der Waals surface area (Å²) in [5, 5.41) is 3.88. The molecule has 0 amide bonds. The molecule has 1 aromatic rings. The number of aryl methyl sites for hydroxylation is 1. The van der Waals surface area contributed by atoms with Crippen LogP contribution < -0.4 is 5.01 Å². The molecule has 0 atom stereocenters. The minimum Gasteiger partial charge on any atom is -0.462 e. The van der Waals surface area contributed by atoms with Crippen molar-refractivity contribution in [2.75, 3.05) is 11.6 Å². The van der Waals surface area contributed by atoms with Gasteiger partial charge in [0.15, 0.2) is 11.5 Å². The molecular formula is C15H18F3N3O2. The first kappa shape index (κ1) is 18.7. The van der Waals surface area contributed by atoms with Gasteiger partial charge in [-0.15, -0.1) is 0 Å². The molecule has 0 bridgehead atoms. The average molecular weight is 329 g/mol. The number of halogens is 3. The Hall–Kier alpha value is -2.38. The molecule has 0 aliphatic heterocycles. The van der Waals surface area contributed by atoms with E-state index in [0.29, 0.717) is 17.1 Å². The molecule has 1 rings (SSSR count). The van der Waals surface area contributed by atoms with Crippen LogP contribution in [0.15, 0.2) is 34.6 Å². The highest BCUT2D eigenvalue weighted by Gasteiger charge is 2.42. The predicted molar refractivity (Wildman–Crippen MR) is 81.0 cm³/mol. The lowest BCUT2D eigenvalue weighted by Gasteiger charge is -2.24. The molecule has 5 nitrogen and oxygen atoms in total. The van der Waals surface area contributed by atoms with Gasteiger partial charge in [0.1, 0.15) is 0 Å². The number of aromatic nitrogens is 1. The standard InChI is InChI=1S/C15H18F3N3O2/c1-5-9-23-14(22)11(3)13(15(16,17)18)21(19-4)12-8-6-7-10(2)20-12/h6-8H,4-5,9H2,1-3H3/b13-11+. The van der Waals surface area contributed by atoms with Crippen molar-refractivity contribution in [1.82, 2.24) is 4.98 Å². The van der Waals surface area contributed by atoms with Crippen molar-refractivity contribution < 1.29 is 22.7 Å². The summed E-state index contributed by atoms with van der Waals surface area (Å²) < 4.78 is 45.1. The number of carbonyl (C=O) groups excluding carboxylic acids is 1. The molecule has 0 unspecified atom stereocenters. The fourth-order valence-electron chi connectivity index (χ4n) is 1.80. The second kappa shape index (κ2) is 7.75. The Morgan fingerprint density at radius 1 is 1.43 bits per heavy atom. The van der Waals surface area contributed by atoms with Crippen molar-refractivity contribution in [3.8, 4) is 0 Å². The Morgan fingerprint density at radius 2 is 2.09 bits per heavy atom. The second-order valence-electron chi connectivity index (χ2n) is 4.70. The summed E-state index contributed by atoms with van der Waals surface area (Å²) in [5.41, 5.74) is -1.38. The first-order chi connectivity index (χ1) is 10.7. The summed E-state index contributed by atoms with van der Waals surface area (Å²) >= 11 is 0. The van der Waals surface area contributed by atoms with E-state index in [9.17, 15) is 18.0 Å². The molecule has 23 heavy (non-hydrogen) atoms. The number of hydrogen-bond donors (Lipinski definition) is 0. The van der Waals surface area contributed by atoms with Crippen LogP contribution >= 0.6 is 0 Å². The Morgan fingerprint density at radius 3 is 2.57 bits per heavy atom. The summed E-state index contributed by atoms with van der Waals surface area (Å²) in [7, 11) is 0. The van der Waals surface area contributed by atoms with Gasteiger partial charge in [-0.1, -0.05) is 13.0 Å². The molecule has 1 aromatic heterocycles. The third kappa shape index (κ3) is 4.80. The maximum Gasteiger partial charge on any atom is 0.434 e. The summed E-state index contributed by atoms with van der Waals surface area (Å²) in [6, 6.07) is 4.51. The van der Waals surface area contributed by atoms with Gasteiger partial charge in [0.05, 0.1) is 12.2 Å². The number of hydrazone groups is 1. The number of rotatable bonds is 6. The number of esters is 1. The normalized spacial score (nSPS) is 12.4. The highest BCUT2D eigenvalue weighted by molar-refractivity contribution is 5.89. The van der Waals surface area contributed by atoms with Gasteiger partial charge >= 0.3 is 12.1 Å². The quantitative estimate of drug-likeness (QED) is 0.346. The van der Waals surface area contributed by atoms with Crippen molar-refractivity contribution in [2.24, 2.45) is 5.10 Å². The predicted octanol–water partition coefficient (Wildman–Crippen LogP) is 3.60. The molecular weight excluding hydrogens is 311 g/mol. The number of hydrogen-bond acceptors (Lipinski definition) is 5. The molecule has 126 valence electrons. The third-order valence-electron chi connectivity index (χ3n) is 2.81. The van der Waals surface area contributed by atoms with E-state index in [1.807, 2.05) is 0 Å². The van der Waals surface area contributed by atoms with Crippen molar-refractivity contribution in [3.05, 3.63) is 35.2 Å². The summed E-state index contributed by atoms with van der Waals surface area (Å²) in [6.07, 6.45) is -4.33. The zero-order valence-electron chi connectivity index (χ0n) is 13.1. The van der Waals surface area contributed by atoms with Crippen LogP contribution in [0.4, 0.5) is 19.0 Å². The number of carbonyl (C=O) groups is 1. The number of nitrogens with zero attached hydrogens (tertiary/aromatic N) is 3. The van der Waals surface area contributed by atoms with Crippen LogP contribution in [0.2, 0.25) is 0 Å². The molecule has 0 aliphatic carbocycles. The fraction of sp³-hybridized carbons (Fsp3) is 0.400. The number of anilines is 1. The molecule has 0 aliphatic rings. The van der Waals surface area contributed by atoms with Gasteiger partial charge in [0.25, 0.3) is 0 Å². The Bertz CT molecular complexity index is 612. The minimum absolute atomic E-state index is 0.0333. The summed E-state index contributed by atoms with van der Waals surface area (Å²) in [5.74, 6) is -1.14. The number of alkyl halides is 3. The van der Waals surface area contributed by atoms with Crippen LogP contribution in [-0.2, 0) is 9.53 Å². The summed E-state index contributed by atoms with van der Waals surface area (Å²) in [6.45, 7) is 7.60. The molecule has 8 heteroatoms. The maximum atomic E-state index is 13.5. The SMILES string of the molecule is C=NN(/C(=C(\C)C(=O)OCCC)C(F)(F)F)c1cccc(C)n1. The van der Waals surface area contributed by atoms with E-state index >= 15 is 0 Å². The molecule has 0 radical (unpaired) electrons. The van der Waals surface area contributed by atoms with E-state index in [2.05, 4.69) is 16.8 Å². The van der Waals surface area contributed by atoms with Gasteiger partial charge < -0.3 is 4.74 Å². The van der Waals surface area contributed by atoms with Crippen LogP contribution in [0.25, 0.3) is 0 Å². The van der Waals surface area contributed by atoms with Gasteiger partial charge in [-0.3, -0.25) is 0 Å². The smallest absolute Gasteiger partial charge is 0.434 e. The van der Waals surface area contributed by atoms with Gasteiger partial charge in [-0.25, -0.2) is 14.8 Å². The van der Waals surface area contributed by atoms with Crippen LogP contribution in [0.5, 0.6) is 0 Å². The van der Waals surface area contributed by atoms with Crippen LogP contribution in [0, 0.1) is 6.92 Å². The van der Waals surface area contributed by atoms with Gasteiger partial charge in [0, 0.05) is 12.4 Å². The third-order valence-corrected chi connectivity index (χ3v) is 2.81. The monoisotopic (exact) mass is 329 g/mol. The molecule has 0 N–H and O–H groups in total. The lowest BCUT2D eigenvalue weighted by molar-refractivity contribution is -0.140. The van der Waals surface area contributed by atoms with Gasteiger partial charge in [0.2, 0.25) is 0 Å². The Kier molecular flexibility index (Phi) is 6.29. The van der Waals surface area contributed by atoms with E-state index in [-0.39, 0.29) is 12.4 Å². The van der Waals surface area contributed by atoms with Crippen LogP contribution in [0.1, 0.15) is 26.0 Å². The van der Waals surface area contributed by atoms with Crippen LogP contribution in [0.3, 0.4) is 0 Å². The zero-order chi connectivity index (χ0) is 17.6. The first-order valence-corrected chi connectivity index (χ1v) is 6.88. The maximum absolute atomic E-state index is 13.5. The van der Waals surface area contributed by atoms with Crippen molar-refractivity contribution >= 4 is 18.5 Å². The second-order valence-corrected chi connectivity index (χ2v) is 4.70. The number of allylic oxidation sites excluding steroid dienone is 1. The van der Waals surface area contributed by atoms with E-state index in [0.717, 1.165) is 6.92 Å². The minimum atomic E-state index is -4.83.